The summed E-state index contributed by atoms with van der Waals surface area (Å²) >= 11 is 0. The number of aromatic nitrogens is 1. The third kappa shape index (κ3) is 3.63. The number of methoxy groups -OCH3 is 2. The zero-order valence-electron chi connectivity index (χ0n) is 16.9. The van der Waals surface area contributed by atoms with Crippen molar-refractivity contribution >= 4 is 17.4 Å². The van der Waals surface area contributed by atoms with E-state index in [4.69, 9.17) is 13.9 Å². The van der Waals surface area contributed by atoms with Crippen LogP contribution in [-0.4, -0.2) is 40.9 Å². The minimum Gasteiger partial charge on any atom is -0.507 e. The molecule has 0 bridgehead atoms. The van der Waals surface area contributed by atoms with E-state index in [1.165, 1.54) is 25.4 Å². The molecular formula is C23H20N2O6. The van der Waals surface area contributed by atoms with Gasteiger partial charge in [0, 0.05) is 24.5 Å². The third-order valence-electron chi connectivity index (χ3n) is 5.09. The van der Waals surface area contributed by atoms with E-state index >= 15 is 0 Å². The van der Waals surface area contributed by atoms with E-state index in [9.17, 15) is 14.7 Å². The fraction of sp³-hybridized carbons (Fsp3) is 0.174. The second kappa shape index (κ2) is 8.35. The number of hydrogen-bond donors (Lipinski definition) is 1. The van der Waals surface area contributed by atoms with Crippen molar-refractivity contribution in [2.75, 3.05) is 14.2 Å². The first-order chi connectivity index (χ1) is 15.0. The second-order valence-electron chi connectivity index (χ2n) is 6.87. The minimum atomic E-state index is -0.886. The molecule has 0 saturated carbocycles. The summed E-state index contributed by atoms with van der Waals surface area (Å²) < 4.78 is 16.0. The Balaban J connectivity index is 1.83. The number of rotatable bonds is 6. The van der Waals surface area contributed by atoms with Crippen LogP contribution in [0.2, 0.25) is 0 Å². The molecule has 4 rings (SSSR count). The van der Waals surface area contributed by atoms with Crippen LogP contribution in [0, 0.1) is 0 Å². The predicted octanol–water partition coefficient (Wildman–Crippen LogP) is 3.31. The van der Waals surface area contributed by atoms with Crippen molar-refractivity contribution in [3.05, 3.63) is 83.6 Å². The zero-order chi connectivity index (χ0) is 22.0. The monoisotopic (exact) mass is 420 g/mol. The number of aliphatic hydroxyl groups excluding tert-OH is 1. The van der Waals surface area contributed by atoms with Crippen LogP contribution in [0.3, 0.4) is 0 Å². The van der Waals surface area contributed by atoms with Gasteiger partial charge in [0.25, 0.3) is 11.7 Å². The number of nitrogens with zero attached hydrogens (tertiary/aromatic N) is 2. The molecule has 1 aliphatic rings. The summed E-state index contributed by atoms with van der Waals surface area (Å²) in [5, 5.41) is 11.1. The molecule has 1 saturated heterocycles. The predicted molar refractivity (Wildman–Crippen MR) is 110 cm³/mol. The Hall–Kier alpha value is -4.07. The topological polar surface area (TPSA) is 102 Å². The summed E-state index contributed by atoms with van der Waals surface area (Å²) in [4.78, 5) is 31.3. The zero-order valence-corrected chi connectivity index (χ0v) is 16.9. The minimum absolute atomic E-state index is 0.0592. The molecule has 0 unspecified atom stereocenters. The molecule has 2 aromatic heterocycles. The van der Waals surface area contributed by atoms with Crippen LogP contribution in [0.25, 0.3) is 5.76 Å². The highest BCUT2D eigenvalue weighted by molar-refractivity contribution is 6.46. The van der Waals surface area contributed by atoms with Crippen LogP contribution in [0.4, 0.5) is 0 Å². The van der Waals surface area contributed by atoms with Crippen LogP contribution < -0.4 is 9.47 Å². The van der Waals surface area contributed by atoms with E-state index in [1.807, 2.05) is 0 Å². The number of carbonyl (C=O) groups is 2. The van der Waals surface area contributed by atoms with E-state index in [0.717, 1.165) is 5.56 Å². The highest BCUT2D eigenvalue weighted by Crippen LogP contribution is 2.41. The van der Waals surface area contributed by atoms with Crippen LogP contribution in [0.15, 0.2) is 71.1 Å². The molecule has 1 aromatic carbocycles. The molecule has 8 nitrogen and oxygen atoms in total. The molecule has 1 amide bonds. The number of amides is 1. The quantitative estimate of drug-likeness (QED) is 0.371. The van der Waals surface area contributed by atoms with Gasteiger partial charge in [0.05, 0.1) is 26.1 Å². The van der Waals surface area contributed by atoms with Crippen LogP contribution in [0.5, 0.6) is 11.5 Å². The van der Waals surface area contributed by atoms with E-state index in [0.29, 0.717) is 22.8 Å². The molecule has 1 fully saturated rings. The summed E-state index contributed by atoms with van der Waals surface area (Å²) in [6, 6.07) is 10.7. The lowest BCUT2D eigenvalue weighted by Crippen LogP contribution is -2.29. The third-order valence-corrected chi connectivity index (χ3v) is 5.09. The maximum absolute atomic E-state index is 13.0. The number of furan rings is 1. The van der Waals surface area contributed by atoms with Gasteiger partial charge in [-0.25, -0.2) is 0 Å². The average molecular weight is 420 g/mol. The van der Waals surface area contributed by atoms with E-state index in [-0.39, 0.29) is 17.9 Å². The van der Waals surface area contributed by atoms with Gasteiger partial charge in [0.1, 0.15) is 17.6 Å². The number of ether oxygens (including phenoxy) is 2. The first kappa shape index (κ1) is 20.2. The molecule has 1 atom stereocenters. The summed E-state index contributed by atoms with van der Waals surface area (Å²) in [6.45, 7) is 0.131. The maximum atomic E-state index is 13.0. The lowest BCUT2D eigenvalue weighted by Gasteiger charge is -2.23. The molecule has 1 aliphatic heterocycles. The first-order valence-corrected chi connectivity index (χ1v) is 9.48. The number of benzene rings is 1. The molecular weight excluding hydrogens is 400 g/mol. The van der Waals surface area contributed by atoms with Crippen LogP contribution in [-0.2, 0) is 16.1 Å². The van der Waals surface area contributed by atoms with Crippen molar-refractivity contribution in [1.29, 1.82) is 0 Å². The smallest absolute Gasteiger partial charge is 0.296 e. The molecule has 158 valence electrons. The average Bonchev–Trinajstić information content (AvgIpc) is 3.41. The lowest BCUT2D eigenvalue weighted by molar-refractivity contribution is -0.140. The molecule has 8 heteroatoms. The van der Waals surface area contributed by atoms with E-state index in [1.54, 1.807) is 54.9 Å². The van der Waals surface area contributed by atoms with Crippen molar-refractivity contribution in [1.82, 2.24) is 9.88 Å². The first-order valence-electron chi connectivity index (χ1n) is 9.48. The highest BCUT2D eigenvalue weighted by Gasteiger charge is 2.47. The van der Waals surface area contributed by atoms with Gasteiger partial charge in [0.2, 0.25) is 0 Å². The maximum Gasteiger partial charge on any atom is 0.296 e. The van der Waals surface area contributed by atoms with Gasteiger partial charge in [-0.3, -0.25) is 14.6 Å². The molecule has 0 aliphatic carbocycles. The van der Waals surface area contributed by atoms with Gasteiger partial charge in [-0.15, -0.1) is 0 Å². The number of aliphatic hydroxyl groups is 1. The molecule has 1 N–H and O–H groups in total. The van der Waals surface area contributed by atoms with Crippen LogP contribution >= 0.6 is 0 Å². The van der Waals surface area contributed by atoms with Gasteiger partial charge >= 0.3 is 0 Å². The van der Waals surface area contributed by atoms with Gasteiger partial charge in [-0.2, -0.15) is 0 Å². The fourth-order valence-corrected chi connectivity index (χ4v) is 3.61. The van der Waals surface area contributed by atoms with E-state index < -0.39 is 17.7 Å². The number of likely N-dealkylation sites (tertiary alicyclic amines) is 1. The largest absolute Gasteiger partial charge is 0.507 e. The normalized spacial score (nSPS) is 17.7. The molecule has 0 spiro atoms. The number of hydrogen-bond acceptors (Lipinski definition) is 7. The summed E-state index contributed by atoms with van der Waals surface area (Å²) in [7, 11) is 2.97. The second-order valence-corrected chi connectivity index (χ2v) is 6.87. The molecule has 3 aromatic rings. The number of Topliss-reactive ketones (excluding diaryl/α,β-unsaturated/α-hetero) is 1. The lowest BCUT2D eigenvalue weighted by atomic mass is 9.99. The number of ketones is 1. The Labute approximate surface area is 178 Å². The van der Waals surface area contributed by atoms with Crippen molar-refractivity contribution in [3.8, 4) is 11.5 Å². The Morgan fingerprint density at radius 3 is 2.58 bits per heavy atom. The van der Waals surface area contributed by atoms with Gasteiger partial charge in [0.15, 0.2) is 11.5 Å². The summed E-state index contributed by atoms with van der Waals surface area (Å²) in [5.74, 6) is -0.631. The van der Waals surface area contributed by atoms with Crippen molar-refractivity contribution in [3.63, 3.8) is 0 Å². The standard InChI is InChI=1S/C23H20N2O6/c1-29-16-8-7-15(11-18(16)30-2)21(26)19-20(17-6-4-10-31-17)25(23(28)22(19)27)13-14-5-3-9-24-12-14/h3-12,20,26H,13H2,1-2H3/t20-/m0/s1. The Morgan fingerprint density at radius 1 is 1.13 bits per heavy atom. The Kier molecular flexibility index (Phi) is 5.44. The summed E-state index contributed by atoms with van der Waals surface area (Å²) in [5.41, 5.74) is 0.997. The molecule has 31 heavy (non-hydrogen) atoms. The van der Waals surface area contributed by atoms with Gasteiger partial charge < -0.3 is 23.9 Å². The van der Waals surface area contributed by atoms with E-state index in [2.05, 4.69) is 4.98 Å². The fourth-order valence-electron chi connectivity index (χ4n) is 3.61. The highest BCUT2D eigenvalue weighted by atomic mass is 16.5. The SMILES string of the molecule is COc1ccc(C(O)=C2C(=O)C(=O)N(Cc3cccnc3)[C@H]2c2ccco2)cc1OC. The van der Waals surface area contributed by atoms with Crippen molar-refractivity contribution in [2.45, 2.75) is 12.6 Å². The van der Waals surface area contributed by atoms with Gasteiger partial charge in [-0.05, 0) is 42.0 Å². The Morgan fingerprint density at radius 2 is 1.94 bits per heavy atom. The van der Waals surface area contributed by atoms with Gasteiger partial charge in [-0.1, -0.05) is 6.07 Å². The van der Waals surface area contributed by atoms with Crippen LogP contribution in [0.1, 0.15) is 22.9 Å². The number of carbonyl (C=O) groups excluding carboxylic acids is 2. The number of pyridine rings is 1. The Bertz CT molecular complexity index is 1140. The molecule has 0 radical (unpaired) electrons. The molecule has 3 heterocycles. The summed E-state index contributed by atoms with van der Waals surface area (Å²) in [6.07, 6.45) is 4.70. The van der Waals surface area contributed by atoms with Crippen molar-refractivity contribution in [2.24, 2.45) is 0 Å². The van der Waals surface area contributed by atoms with Crippen molar-refractivity contribution < 1.29 is 28.6 Å².